The zero-order chi connectivity index (χ0) is 9.84. The Balaban J connectivity index is 2.88. The molecule has 0 bridgehead atoms. The quantitative estimate of drug-likeness (QED) is 0.551. The highest BCUT2D eigenvalue weighted by molar-refractivity contribution is 6.17. The van der Waals surface area contributed by atoms with Crippen LogP contribution in [0.15, 0.2) is 12.1 Å². The van der Waals surface area contributed by atoms with E-state index in [1.807, 2.05) is 0 Å². The molecule has 1 rings (SSSR count). The van der Waals surface area contributed by atoms with E-state index in [4.69, 9.17) is 16.3 Å². The van der Waals surface area contributed by atoms with E-state index >= 15 is 0 Å². The minimum absolute atomic E-state index is 0.0452. The van der Waals surface area contributed by atoms with Gasteiger partial charge in [0.25, 0.3) is 0 Å². The Morgan fingerprint density at radius 2 is 1.69 bits per heavy atom. The number of hydrogen-bond acceptors (Lipinski definition) is 1. The third-order valence-electron chi connectivity index (χ3n) is 1.31. The lowest BCUT2D eigenvalue weighted by molar-refractivity contribution is 0.318. The molecule has 0 fully saturated rings. The highest BCUT2D eigenvalue weighted by Gasteiger charge is 2.10. The second kappa shape index (κ2) is 4.37. The summed E-state index contributed by atoms with van der Waals surface area (Å²) in [7, 11) is 0. The van der Waals surface area contributed by atoms with Crippen molar-refractivity contribution in [3.8, 4) is 5.75 Å². The predicted molar refractivity (Wildman–Crippen MR) is 42.5 cm³/mol. The smallest absolute Gasteiger partial charge is 0.168 e. The van der Waals surface area contributed by atoms with E-state index in [9.17, 15) is 13.2 Å². The first kappa shape index (κ1) is 10.2. The Morgan fingerprint density at radius 1 is 1.08 bits per heavy atom. The molecule has 72 valence electrons. The Kier molecular flexibility index (Phi) is 3.42. The monoisotopic (exact) mass is 210 g/mol. The van der Waals surface area contributed by atoms with E-state index in [2.05, 4.69) is 0 Å². The van der Waals surface area contributed by atoms with Crippen molar-refractivity contribution in [2.75, 3.05) is 12.5 Å². The lowest BCUT2D eigenvalue weighted by Gasteiger charge is -2.05. The first-order valence-electron chi connectivity index (χ1n) is 3.48. The van der Waals surface area contributed by atoms with Gasteiger partial charge in [0.15, 0.2) is 23.2 Å². The molecule has 0 aliphatic carbocycles. The maximum absolute atomic E-state index is 12.8. The standard InChI is InChI=1S/C8H6ClF3O/c9-1-2-13-8-4-6(11)5(10)3-7(8)12/h3-4H,1-2H2. The number of rotatable bonds is 3. The molecule has 1 nitrogen and oxygen atoms in total. The fourth-order valence-electron chi connectivity index (χ4n) is 0.763. The molecule has 0 aliphatic rings. The Labute approximate surface area is 78.1 Å². The third-order valence-corrected chi connectivity index (χ3v) is 1.46. The van der Waals surface area contributed by atoms with Gasteiger partial charge in [0, 0.05) is 12.1 Å². The molecule has 0 saturated heterocycles. The number of alkyl halides is 1. The van der Waals surface area contributed by atoms with Crippen LogP contribution in [0.3, 0.4) is 0 Å². The van der Waals surface area contributed by atoms with Crippen LogP contribution in [0.1, 0.15) is 0 Å². The minimum Gasteiger partial charge on any atom is -0.489 e. The van der Waals surface area contributed by atoms with Gasteiger partial charge in [-0.25, -0.2) is 13.2 Å². The van der Waals surface area contributed by atoms with Gasteiger partial charge in [0.2, 0.25) is 0 Å². The van der Waals surface area contributed by atoms with Crippen molar-refractivity contribution in [1.29, 1.82) is 0 Å². The lowest BCUT2D eigenvalue weighted by Crippen LogP contribution is -2.01. The van der Waals surface area contributed by atoms with Crippen LogP contribution in [-0.4, -0.2) is 12.5 Å². The summed E-state index contributed by atoms with van der Waals surface area (Å²) < 4.78 is 42.4. The van der Waals surface area contributed by atoms with E-state index in [1.54, 1.807) is 0 Å². The molecule has 0 heterocycles. The van der Waals surface area contributed by atoms with E-state index in [0.717, 1.165) is 0 Å². The molecule has 0 atom stereocenters. The third kappa shape index (κ3) is 2.52. The fraction of sp³-hybridized carbons (Fsp3) is 0.250. The predicted octanol–water partition coefficient (Wildman–Crippen LogP) is 2.72. The van der Waals surface area contributed by atoms with E-state index in [0.29, 0.717) is 12.1 Å². The van der Waals surface area contributed by atoms with Crippen LogP contribution in [0, 0.1) is 17.5 Å². The lowest BCUT2D eigenvalue weighted by atomic mass is 10.3. The van der Waals surface area contributed by atoms with E-state index in [-0.39, 0.29) is 18.2 Å². The van der Waals surface area contributed by atoms with Crippen LogP contribution in [-0.2, 0) is 0 Å². The molecule has 0 N–H and O–H groups in total. The molecular formula is C8H6ClF3O. The second-order valence-corrected chi connectivity index (χ2v) is 2.61. The maximum Gasteiger partial charge on any atom is 0.168 e. The average molecular weight is 211 g/mol. The number of hydrogen-bond donors (Lipinski definition) is 0. The second-order valence-electron chi connectivity index (χ2n) is 2.23. The van der Waals surface area contributed by atoms with Crippen molar-refractivity contribution in [3.05, 3.63) is 29.6 Å². The van der Waals surface area contributed by atoms with E-state index in [1.165, 1.54) is 0 Å². The van der Waals surface area contributed by atoms with E-state index < -0.39 is 17.5 Å². The normalized spacial score (nSPS) is 10.2. The first-order chi connectivity index (χ1) is 6.15. The zero-order valence-electron chi connectivity index (χ0n) is 6.49. The molecule has 13 heavy (non-hydrogen) atoms. The molecule has 0 radical (unpaired) electrons. The summed E-state index contributed by atoms with van der Waals surface area (Å²) in [6.45, 7) is 0.0452. The highest BCUT2D eigenvalue weighted by atomic mass is 35.5. The molecule has 1 aromatic carbocycles. The van der Waals surface area contributed by atoms with Crippen LogP contribution in [0.5, 0.6) is 5.75 Å². The molecule has 1 aromatic rings. The average Bonchev–Trinajstić information content (AvgIpc) is 2.09. The number of ether oxygens (including phenoxy) is 1. The summed E-state index contributed by atoms with van der Waals surface area (Å²) in [5.41, 5.74) is 0. The van der Waals surface area contributed by atoms with Gasteiger partial charge < -0.3 is 4.74 Å². The van der Waals surface area contributed by atoms with Gasteiger partial charge >= 0.3 is 0 Å². The first-order valence-corrected chi connectivity index (χ1v) is 4.02. The van der Waals surface area contributed by atoms with Crippen molar-refractivity contribution in [2.24, 2.45) is 0 Å². The Hall–Kier alpha value is -0.900. The molecule has 0 unspecified atom stereocenters. The van der Waals surface area contributed by atoms with Crippen LogP contribution in [0.2, 0.25) is 0 Å². The van der Waals surface area contributed by atoms with Gasteiger partial charge in [0.05, 0.1) is 5.88 Å². The molecular weight excluding hydrogens is 205 g/mol. The number of benzene rings is 1. The van der Waals surface area contributed by atoms with Crippen LogP contribution in [0.25, 0.3) is 0 Å². The van der Waals surface area contributed by atoms with Crippen LogP contribution < -0.4 is 4.74 Å². The van der Waals surface area contributed by atoms with Gasteiger partial charge in [-0.15, -0.1) is 11.6 Å². The van der Waals surface area contributed by atoms with Gasteiger partial charge in [-0.3, -0.25) is 0 Å². The van der Waals surface area contributed by atoms with Crippen molar-refractivity contribution in [3.63, 3.8) is 0 Å². The zero-order valence-corrected chi connectivity index (χ0v) is 7.24. The van der Waals surface area contributed by atoms with Crippen LogP contribution >= 0.6 is 11.6 Å². The summed E-state index contributed by atoms with van der Waals surface area (Å²) in [5, 5.41) is 0. The number of halogens is 4. The SMILES string of the molecule is Fc1cc(F)c(OCCCl)cc1F. The van der Waals surface area contributed by atoms with Gasteiger partial charge in [0.1, 0.15) is 6.61 Å². The molecule has 0 amide bonds. The summed E-state index contributed by atoms with van der Waals surface area (Å²) in [6.07, 6.45) is 0. The summed E-state index contributed by atoms with van der Waals surface area (Å²) in [4.78, 5) is 0. The van der Waals surface area contributed by atoms with Crippen molar-refractivity contribution in [1.82, 2.24) is 0 Å². The molecule has 0 aliphatic heterocycles. The topological polar surface area (TPSA) is 9.23 Å². The largest absolute Gasteiger partial charge is 0.489 e. The summed E-state index contributed by atoms with van der Waals surface area (Å²) in [6, 6.07) is 1.08. The highest BCUT2D eigenvalue weighted by Crippen LogP contribution is 2.20. The Morgan fingerprint density at radius 3 is 2.31 bits per heavy atom. The molecule has 0 saturated carbocycles. The van der Waals surface area contributed by atoms with Crippen molar-refractivity contribution < 1.29 is 17.9 Å². The molecule has 5 heteroatoms. The fourth-order valence-corrected chi connectivity index (χ4v) is 0.841. The Bertz CT molecular complexity index is 304. The summed E-state index contributed by atoms with van der Waals surface area (Å²) in [5.74, 6) is -3.51. The summed E-state index contributed by atoms with van der Waals surface area (Å²) >= 11 is 5.26. The molecule has 0 aromatic heterocycles. The van der Waals surface area contributed by atoms with Crippen molar-refractivity contribution in [2.45, 2.75) is 0 Å². The van der Waals surface area contributed by atoms with Gasteiger partial charge in [-0.2, -0.15) is 0 Å². The van der Waals surface area contributed by atoms with Crippen molar-refractivity contribution >= 4 is 11.6 Å². The van der Waals surface area contributed by atoms with Crippen LogP contribution in [0.4, 0.5) is 13.2 Å². The minimum atomic E-state index is -1.24. The van der Waals surface area contributed by atoms with Gasteiger partial charge in [-0.05, 0) is 0 Å². The van der Waals surface area contributed by atoms with Gasteiger partial charge in [-0.1, -0.05) is 0 Å². The molecule has 0 spiro atoms. The maximum atomic E-state index is 12.8.